The molecule has 11 heavy (non-hydrogen) atoms. The SMILES string of the molecule is Cc1nn(CCO)c(N)c1C. The number of aliphatic hydroxyl groups is 1. The van der Waals surface area contributed by atoms with E-state index in [0.29, 0.717) is 12.4 Å². The molecule has 1 rings (SSSR count). The van der Waals surface area contributed by atoms with E-state index in [1.165, 1.54) is 0 Å². The first-order chi connectivity index (χ1) is 5.16. The van der Waals surface area contributed by atoms with Crippen LogP contribution >= 0.6 is 0 Å². The molecular formula is C7H13N3O. The minimum atomic E-state index is 0.0742. The maximum Gasteiger partial charge on any atom is 0.124 e. The molecule has 0 aliphatic heterocycles. The Morgan fingerprint density at radius 3 is 2.55 bits per heavy atom. The van der Waals surface area contributed by atoms with Crippen LogP contribution in [-0.4, -0.2) is 21.5 Å². The van der Waals surface area contributed by atoms with Crippen molar-refractivity contribution in [2.75, 3.05) is 12.3 Å². The highest BCUT2D eigenvalue weighted by molar-refractivity contribution is 5.41. The predicted octanol–water partition coefficient (Wildman–Crippen LogP) is 0.0744. The van der Waals surface area contributed by atoms with Crippen LogP contribution in [0.4, 0.5) is 5.82 Å². The lowest BCUT2D eigenvalue weighted by Gasteiger charge is -1.99. The van der Waals surface area contributed by atoms with Crippen molar-refractivity contribution in [3.8, 4) is 0 Å². The van der Waals surface area contributed by atoms with Crippen LogP contribution in [0.25, 0.3) is 0 Å². The highest BCUT2D eigenvalue weighted by Crippen LogP contribution is 2.13. The number of rotatable bonds is 2. The molecule has 0 unspecified atom stereocenters. The van der Waals surface area contributed by atoms with Crippen molar-refractivity contribution in [2.24, 2.45) is 0 Å². The van der Waals surface area contributed by atoms with Gasteiger partial charge >= 0.3 is 0 Å². The van der Waals surface area contributed by atoms with Gasteiger partial charge in [-0.2, -0.15) is 5.10 Å². The second-order valence-corrected chi connectivity index (χ2v) is 2.54. The summed E-state index contributed by atoms with van der Waals surface area (Å²) < 4.78 is 1.62. The first-order valence-electron chi connectivity index (χ1n) is 3.57. The molecule has 0 radical (unpaired) electrons. The average molecular weight is 155 g/mol. The van der Waals surface area contributed by atoms with E-state index in [-0.39, 0.29) is 6.61 Å². The van der Waals surface area contributed by atoms with Crippen molar-refractivity contribution >= 4 is 5.82 Å². The average Bonchev–Trinajstić information content (AvgIpc) is 2.19. The molecule has 4 heteroatoms. The minimum Gasteiger partial charge on any atom is -0.394 e. The van der Waals surface area contributed by atoms with Gasteiger partial charge in [-0.15, -0.1) is 0 Å². The highest BCUT2D eigenvalue weighted by Gasteiger charge is 2.06. The molecule has 1 aromatic heterocycles. The van der Waals surface area contributed by atoms with E-state index in [1.54, 1.807) is 4.68 Å². The van der Waals surface area contributed by atoms with Gasteiger partial charge in [0.2, 0.25) is 0 Å². The number of hydrogen-bond donors (Lipinski definition) is 2. The standard InChI is InChI=1S/C7H13N3O/c1-5-6(2)9-10(3-4-11)7(5)8/h11H,3-4,8H2,1-2H3. The maximum absolute atomic E-state index is 8.63. The molecule has 0 spiro atoms. The monoisotopic (exact) mass is 155 g/mol. The fourth-order valence-corrected chi connectivity index (χ4v) is 0.954. The van der Waals surface area contributed by atoms with E-state index < -0.39 is 0 Å². The van der Waals surface area contributed by atoms with Gasteiger partial charge in [0.15, 0.2) is 0 Å². The number of nitrogens with zero attached hydrogens (tertiary/aromatic N) is 2. The quantitative estimate of drug-likeness (QED) is 0.635. The van der Waals surface area contributed by atoms with Crippen LogP contribution in [-0.2, 0) is 6.54 Å². The normalized spacial score (nSPS) is 10.5. The molecule has 0 aromatic carbocycles. The molecule has 1 heterocycles. The van der Waals surface area contributed by atoms with Crippen LogP contribution in [0.3, 0.4) is 0 Å². The predicted molar refractivity (Wildman–Crippen MR) is 43.2 cm³/mol. The molecule has 1 aromatic rings. The lowest BCUT2D eigenvalue weighted by molar-refractivity contribution is 0.270. The Hall–Kier alpha value is -1.03. The third-order valence-corrected chi connectivity index (χ3v) is 1.79. The number of nitrogens with two attached hydrogens (primary N) is 1. The van der Waals surface area contributed by atoms with E-state index in [0.717, 1.165) is 11.3 Å². The summed E-state index contributed by atoms with van der Waals surface area (Å²) in [6, 6.07) is 0. The third kappa shape index (κ3) is 1.35. The molecule has 3 N–H and O–H groups in total. The zero-order valence-electron chi connectivity index (χ0n) is 6.83. The van der Waals surface area contributed by atoms with Gasteiger partial charge in [0.05, 0.1) is 18.8 Å². The second kappa shape index (κ2) is 2.92. The van der Waals surface area contributed by atoms with Gasteiger partial charge < -0.3 is 10.8 Å². The van der Waals surface area contributed by atoms with Gasteiger partial charge in [-0.3, -0.25) is 0 Å². The minimum absolute atomic E-state index is 0.0742. The van der Waals surface area contributed by atoms with Gasteiger partial charge in [-0.25, -0.2) is 4.68 Å². The topological polar surface area (TPSA) is 64.1 Å². The molecule has 0 aliphatic rings. The molecule has 0 bridgehead atoms. The van der Waals surface area contributed by atoms with Crippen LogP contribution in [0.1, 0.15) is 11.3 Å². The number of nitrogen functional groups attached to an aromatic ring is 1. The van der Waals surface area contributed by atoms with E-state index in [2.05, 4.69) is 5.10 Å². The fraction of sp³-hybridized carbons (Fsp3) is 0.571. The molecular weight excluding hydrogens is 142 g/mol. The summed E-state index contributed by atoms with van der Waals surface area (Å²) in [5, 5.41) is 12.8. The first-order valence-corrected chi connectivity index (χ1v) is 3.57. The van der Waals surface area contributed by atoms with Crippen molar-refractivity contribution < 1.29 is 5.11 Å². The molecule has 0 amide bonds. The van der Waals surface area contributed by atoms with E-state index in [1.807, 2.05) is 13.8 Å². The number of aryl methyl sites for hydroxylation is 1. The summed E-state index contributed by atoms with van der Waals surface area (Å²) in [6.45, 7) is 4.37. The Morgan fingerprint density at radius 2 is 2.18 bits per heavy atom. The number of anilines is 1. The van der Waals surface area contributed by atoms with Gasteiger partial charge in [0, 0.05) is 5.56 Å². The number of hydrogen-bond acceptors (Lipinski definition) is 3. The van der Waals surface area contributed by atoms with Crippen molar-refractivity contribution in [3.63, 3.8) is 0 Å². The summed E-state index contributed by atoms with van der Waals surface area (Å²) >= 11 is 0. The Labute approximate surface area is 65.6 Å². The lowest BCUT2D eigenvalue weighted by atomic mass is 10.3. The molecule has 0 saturated heterocycles. The number of aliphatic hydroxyl groups excluding tert-OH is 1. The van der Waals surface area contributed by atoms with Crippen LogP contribution < -0.4 is 5.73 Å². The van der Waals surface area contributed by atoms with Crippen molar-refractivity contribution in [1.29, 1.82) is 0 Å². The van der Waals surface area contributed by atoms with Crippen LogP contribution in [0.15, 0.2) is 0 Å². The Bertz CT molecular complexity index is 254. The van der Waals surface area contributed by atoms with Gasteiger partial charge in [0.25, 0.3) is 0 Å². The van der Waals surface area contributed by atoms with Gasteiger partial charge in [-0.05, 0) is 13.8 Å². The summed E-state index contributed by atoms with van der Waals surface area (Å²) in [4.78, 5) is 0. The van der Waals surface area contributed by atoms with Crippen molar-refractivity contribution in [3.05, 3.63) is 11.3 Å². The Kier molecular flexibility index (Phi) is 2.14. The first kappa shape index (κ1) is 8.07. The molecule has 0 aliphatic carbocycles. The Balaban J connectivity index is 2.98. The zero-order valence-corrected chi connectivity index (χ0v) is 6.83. The maximum atomic E-state index is 8.63. The fourth-order valence-electron chi connectivity index (χ4n) is 0.954. The molecule has 0 saturated carbocycles. The smallest absolute Gasteiger partial charge is 0.124 e. The number of aromatic nitrogens is 2. The lowest BCUT2D eigenvalue weighted by Crippen LogP contribution is -2.07. The zero-order chi connectivity index (χ0) is 8.43. The summed E-state index contributed by atoms with van der Waals surface area (Å²) in [5.41, 5.74) is 7.60. The van der Waals surface area contributed by atoms with Crippen LogP contribution in [0.5, 0.6) is 0 Å². The van der Waals surface area contributed by atoms with Crippen LogP contribution in [0.2, 0.25) is 0 Å². The van der Waals surface area contributed by atoms with Crippen LogP contribution in [0, 0.1) is 13.8 Å². The summed E-state index contributed by atoms with van der Waals surface area (Å²) in [5.74, 6) is 0.650. The van der Waals surface area contributed by atoms with Gasteiger partial charge in [0.1, 0.15) is 5.82 Å². The van der Waals surface area contributed by atoms with Crippen molar-refractivity contribution in [2.45, 2.75) is 20.4 Å². The van der Waals surface area contributed by atoms with E-state index in [9.17, 15) is 0 Å². The summed E-state index contributed by atoms with van der Waals surface area (Å²) in [7, 11) is 0. The molecule has 0 fully saturated rings. The second-order valence-electron chi connectivity index (χ2n) is 2.54. The molecule has 62 valence electrons. The molecule has 0 atom stereocenters. The van der Waals surface area contributed by atoms with Crippen molar-refractivity contribution in [1.82, 2.24) is 9.78 Å². The highest BCUT2D eigenvalue weighted by atomic mass is 16.3. The van der Waals surface area contributed by atoms with E-state index >= 15 is 0 Å². The molecule has 4 nitrogen and oxygen atoms in total. The summed E-state index contributed by atoms with van der Waals surface area (Å²) in [6.07, 6.45) is 0. The van der Waals surface area contributed by atoms with Gasteiger partial charge in [-0.1, -0.05) is 0 Å². The van der Waals surface area contributed by atoms with E-state index in [4.69, 9.17) is 10.8 Å². The third-order valence-electron chi connectivity index (χ3n) is 1.79. The largest absolute Gasteiger partial charge is 0.394 e. The Morgan fingerprint density at radius 1 is 1.55 bits per heavy atom.